The van der Waals surface area contributed by atoms with Crippen LogP contribution in [0.15, 0.2) is 0 Å². The Bertz CT molecular complexity index is 216. The third-order valence-electron chi connectivity index (χ3n) is 3.28. The van der Waals surface area contributed by atoms with E-state index in [1.807, 2.05) is 13.8 Å². The molecule has 1 aliphatic rings. The van der Waals surface area contributed by atoms with Gasteiger partial charge in [0.05, 0.1) is 0 Å². The Morgan fingerprint density at radius 2 is 2.07 bits per heavy atom. The first-order chi connectivity index (χ1) is 7.00. The number of hydrogen-bond donors (Lipinski definition) is 2. The summed E-state index contributed by atoms with van der Waals surface area (Å²) in [5.74, 6) is 0.167. The molecule has 0 bridgehead atoms. The minimum absolute atomic E-state index is 0.153. The van der Waals surface area contributed by atoms with Gasteiger partial charge in [-0.15, -0.1) is 0 Å². The molecule has 2 N–H and O–H groups in total. The van der Waals surface area contributed by atoms with Gasteiger partial charge in [0, 0.05) is 6.04 Å². The molecule has 0 aliphatic heterocycles. The molecule has 3 unspecified atom stereocenters. The van der Waals surface area contributed by atoms with Crippen molar-refractivity contribution in [3.05, 3.63) is 0 Å². The second-order valence-corrected chi connectivity index (χ2v) is 5.20. The van der Waals surface area contributed by atoms with Gasteiger partial charge in [0.15, 0.2) is 0 Å². The smallest absolute Gasteiger partial charge is 0.320 e. The Labute approximate surface area is 92.3 Å². The summed E-state index contributed by atoms with van der Waals surface area (Å²) in [5, 5.41) is 12.4. The Morgan fingerprint density at radius 1 is 1.40 bits per heavy atom. The summed E-state index contributed by atoms with van der Waals surface area (Å²) >= 11 is 0. The van der Waals surface area contributed by atoms with Crippen LogP contribution in [0.2, 0.25) is 0 Å². The van der Waals surface area contributed by atoms with E-state index in [9.17, 15) is 4.79 Å². The lowest BCUT2D eigenvalue weighted by Crippen LogP contribution is -2.47. The van der Waals surface area contributed by atoms with Crippen LogP contribution in [0.5, 0.6) is 0 Å². The fraction of sp³-hybridized carbons (Fsp3) is 0.917. The molecular formula is C12H23NO2. The maximum atomic E-state index is 11.0. The highest BCUT2D eigenvalue weighted by Gasteiger charge is 2.26. The van der Waals surface area contributed by atoms with Gasteiger partial charge in [-0.1, -0.05) is 33.6 Å². The van der Waals surface area contributed by atoms with Crippen molar-refractivity contribution in [1.29, 1.82) is 0 Å². The molecule has 3 atom stereocenters. The van der Waals surface area contributed by atoms with E-state index in [1.165, 1.54) is 12.8 Å². The minimum Gasteiger partial charge on any atom is -0.480 e. The molecule has 1 fully saturated rings. The number of carbonyl (C=O) groups is 1. The van der Waals surface area contributed by atoms with Crippen LogP contribution in [0.3, 0.4) is 0 Å². The van der Waals surface area contributed by atoms with Gasteiger partial charge >= 0.3 is 5.97 Å². The maximum Gasteiger partial charge on any atom is 0.320 e. The quantitative estimate of drug-likeness (QED) is 0.753. The zero-order chi connectivity index (χ0) is 11.4. The van der Waals surface area contributed by atoms with E-state index in [0.717, 1.165) is 18.8 Å². The highest BCUT2D eigenvalue weighted by Crippen LogP contribution is 2.24. The molecule has 15 heavy (non-hydrogen) atoms. The molecule has 0 radical (unpaired) electrons. The summed E-state index contributed by atoms with van der Waals surface area (Å²) in [5.41, 5.74) is 0. The minimum atomic E-state index is -0.719. The summed E-state index contributed by atoms with van der Waals surface area (Å²) in [7, 11) is 0. The summed E-state index contributed by atoms with van der Waals surface area (Å²) in [6.07, 6.45) is 4.76. The third kappa shape index (κ3) is 3.82. The van der Waals surface area contributed by atoms with Gasteiger partial charge in [0.2, 0.25) is 0 Å². The van der Waals surface area contributed by atoms with Crippen molar-refractivity contribution in [2.45, 2.75) is 58.5 Å². The number of rotatable bonds is 4. The summed E-state index contributed by atoms with van der Waals surface area (Å²) < 4.78 is 0. The van der Waals surface area contributed by atoms with Gasteiger partial charge < -0.3 is 10.4 Å². The molecule has 1 rings (SSSR count). The largest absolute Gasteiger partial charge is 0.480 e. The Morgan fingerprint density at radius 3 is 2.53 bits per heavy atom. The second-order valence-electron chi connectivity index (χ2n) is 5.20. The van der Waals surface area contributed by atoms with Crippen molar-refractivity contribution in [1.82, 2.24) is 5.32 Å². The lowest BCUT2D eigenvalue weighted by Gasteiger charge is -2.31. The zero-order valence-corrected chi connectivity index (χ0v) is 9.99. The zero-order valence-electron chi connectivity index (χ0n) is 9.99. The highest BCUT2D eigenvalue weighted by molar-refractivity contribution is 5.73. The first kappa shape index (κ1) is 12.5. The van der Waals surface area contributed by atoms with Crippen LogP contribution < -0.4 is 5.32 Å². The van der Waals surface area contributed by atoms with Crippen LogP contribution in [0.25, 0.3) is 0 Å². The average molecular weight is 213 g/mol. The van der Waals surface area contributed by atoms with Crippen molar-refractivity contribution in [2.24, 2.45) is 11.8 Å². The molecular weight excluding hydrogens is 190 g/mol. The van der Waals surface area contributed by atoms with Crippen LogP contribution in [-0.2, 0) is 4.79 Å². The molecule has 3 nitrogen and oxygen atoms in total. The molecule has 0 aromatic carbocycles. The van der Waals surface area contributed by atoms with Crippen molar-refractivity contribution in [3.8, 4) is 0 Å². The topological polar surface area (TPSA) is 49.3 Å². The molecule has 0 heterocycles. The third-order valence-corrected chi connectivity index (χ3v) is 3.28. The van der Waals surface area contributed by atoms with Crippen LogP contribution in [0.4, 0.5) is 0 Å². The van der Waals surface area contributed by atoms with E-state index in [2.05, 4.69) is 12.2 Å². The molecule has 1 aliphatic carbocycles. The molecule has 0 aromatic heterocycles. The predicted octanol–water partition coefficient (Wildman–Crippen LogP) is 2.26. The van der Waals surface area contributed by atoms with Gasteiger partial charge in [-0.25, -0.2) is 0 Å². The molecule has 88 valence electrons. The summed E-state index contributed by atoms with van der Waals surface area (Å²) in [4.78, 5) is 11.0. The number of aliphatic carboxylic acids is 1. The monoisotopic (exact) mass is 213 g/mol. The second kappa shape index (κ2) is 5.50. The van der Waals surface area contributed by atoms with Crippen LogP contribution in [0.1, 0.15) is 46.5 Å². The molecule has 0 saturated heterocycles. The Kier molecular flexibility index (Phi) is 4.58. The Hall–Kier alpha value is -0.570. The van der Waals surface area contributed by atoms with Crippen molar-refractivity contribution in [2.75, 3.05) is 0 Å². The van der Waals surface area contributed by atoms with Crippen LogP contribution >= 0.6 is 0 Å². The van der Waals surface area contributed by atoms with E-state index in [0.29, 0.717) is 6.04 Å². The summed E-state index contributed by atoms with van der Waals surface area (Å²) in [6, 6.07) is 0.0116. The first-order valence-electron chi connectivity index (χ1n) is 5.99. The average Bonchev–Trinajstić information content (AvgIpc) is 2.13. The lowest BCUT2D eigenvalue weighted by atomic mass is 9.86. The van der Waals surface area contributed by atoms with Gasteiger partial charge in [0.25, 0.3) is 0 Å². The Balaban J connectivity index is 2.46. The van der Waals surface area contributed by atoms with Gasteiger partial charge in [0.1, 0.15) is 6.04 Å². The predicted molar refractivity (Wildman–Crippen MR) is 60.8 cm³/mol. The molecule has 0 amide bonds. The number of hydrogen-bond acceptors (Lipinski definition) is 2. The van der Waals surface area contributed by atoms with Crippen molar-refractivity contribution < 1.29 is 9.90 Å². The molecule has 0 spiro atoms. The molecule has 3 heteroatoms. The van der Waals surface area contributed by atoms with E-state index >= 15 is 0 Å². The van der Waals surface area contributed by atoms with E-state index in [-0.39, 0.29) is 12.0 Å². The normalized spacial score (nSPS) is 29.1. The van der Waals surface area contributed by atoms with E-state index in [1.54, 1.807) is 0 Å². The fourth-order valence-corrected chi connectivity index (χ4v) is 2.39. The number of nitrogens with one attached hydrogen (secondary N) is 1. The fourth-order valence-electron chi connectivity index (χ4n) is 2.39. The lowest BCUT2D eigenvalue weighted by molar-refractivity contribution is -0.141. The first-order valence-corrected chi connectivity index (χ1v) is 5.99. The van der Waals surface area contributed by atoms with Gasteiger partial charge in [-0.05, 0) is 24.7 Å². The summed E-state index contributed by atoms with van der Waals surface area (Å²) in [6.45, 7) is 6.16. The standard InChI is InChI=1S/C12H23NO2/c1-8(2)11(12(14)15)13-10-6-4-5-9(3)7-10/h8-11,13H,4-7H2,1-3H3,(H,14,15). The van der Waals surface area contributed by atoms with Crippen LogP contribution in [0, 0.1) is 11.8 Å². The van der Waals surface area contributed by atoms with E-state index < -0.39 is 5.97 Å². The highest BCUT2D eigenvalue weighted by atomic mass is 16.4. The van der Waals surface area contributed by atoms with E-state index in [4.69, 9.17) is 5.11 Å². The number of carboxylic acid groups (broad SMARTS) is 1. The van der Waals surface area contributed by atoms with Gasteiger partial charge in [-0.2, -0.15) is 0 Å². The van der Waals surface area contributed by atoms with Crippen LogP contribution in [-0.4, -0.2) is 23.2 Å². The number of carboxylic acids is 1. The maximum absolute atomic E-state index is 11.0. The molecule has 0 aromatic rings. The molecule has 1 saturated carbocycles. The van der Waals surface area contributed by atoms with Crippen molar-refractivity contribution >= 4 is 5.97 Å². The van der Waals surface area contributed by atoms with Gasteiger partial charge in [-0.3, -0.25) is 4.79 Å². The van der Waals surface area contributed by atoms with Crippen molar-refractivity contribution in [3.63, 3.8) is 0 Å². The SMILES string of the molecule is CC1CCCC(NC(C(=O)O)C(C)C)C1.